The van der Waals surface area contributed by atoms with Gasteiger partial charge in [0.15, 0.2) is 0 Å². The summed E-state index contributed by atoms with van der Waals surface area (Å²) in [6, 6.07) is 0. The molecule has 178 valence electrons. The second-order valence-corrected chi connectivity index (χ2v) is 9.26. The van der Waals surface area contributed by atoms with E-state index in [0.29, 0.717) is 25.8 Å². The van der Waals surface area contributed by atoms with Gasteiger partial charge in [0, 0.05) is 19.4 Å². The molecule has 1 unspecified atom stereocenters. The number of aliphatic hydroxyl groups is 2. The highest BCUT2D eigenvalue weighted by Crippen LogP contribution is 2.28. The predicted molar refractivity (Wildman–Crippen MR) is 131 cm³/mol. The smallest absolute Gasteiger partial charge is 0.220 e. The van der Waals surface area contributed by atoms with Crippen molar-refractivity contribution in [2.45, 2.75) is 122 Å². The largest absolute Gasteiger partial charge is 0.509 e. The van der Waals surface area contributed by atoms with Gasteiger partial charge in [-0.2, -0.15) is 0 Å². The third-order valence-electron chi connectivity index (χ3n) is 6.03. The Morgan fingerprint density at radius 2 is 1.55 bits per heavy atom. The predicted octanol–water partition coefficient (Wildman–Crippen LogP) is 7.05. The topological polar surface area (TPSA) is 69.6 Å². The molecule has 0 spiro atoms. The molecule has 1 aliphatic carbocycles. The van der Waals surface area contributed by atoms with E-state index in [2.05, 4.69) is 24.4 Å². The molecule has 1 aliphatic rings. The number of amides is 1. The number of carbonyl (C=O) groups is 1. The first-order chi connectivity index (χ1) is 15.0. The molecule has 31 heavy (non-hydrogen) atoms. The third-order valence-corrected chi connectivity index (χ3v) is 6.03. The summed E-state index contributed by atoms with van der Waals surface area (Å²) < 4.78 is 0. The summed E-state index contributed by atoms with van der Waals surface area (Å²) in [5.74, 6) is 0.115. The molecule has 4 nitrogen and oxygen atoms in total. The van der Waals surface area contributed by atoms with E-state index in [4.69, 9.17) is 0 Å². The van der Waals surface area contributed by atoms with Crippen LogP contribution in [-0.4, -0.2) is 28.3 Å². The summed E-state index contributed by atoms with van der Waals surface area (Å²) in [7, 11) is 0. The van der Waals surface area contributed by atoms with E-state index in [1.807, 2.05) is 6.08 Å². The van der Waals surface area contributed by atoms with Crippen LogP contribution in [0.5, 0.6) is 0 Å². The molecule has 0 bridgehead atoms. The van der Waals surface area contributed by atoms with Gasteiger partial charge in [0.25, 0.3) is 0 Å². The Labute approximate surface area is 190 Å². The Bertz CT molecular complexity index is 575. The van der Waals surface area contributed by atoms with Crippen LogP contribution in [0.1, 0.15) is 117 Å². The van der Waals surface area contributed by atoms with Crippen molar-refractivity contribution < 1.29 is 15.0 Å². The van der Waals surface area contributed by atoms with Crippen LogP contribution >= 0.6 is 0 Å². The van der Waals surface area contributed by atoms with Crippen LogP contribution in [0.4, 0.5) is 0 Å². The molecule has 0 heterocycles. The maximum absolute atomic E-state index is 12.0. The number of hydrogen-bond acceptors (Lipinski definition) is 3. The third kappa shape index (κ3) is 14.2. The van der Waals surface area contributed by atoms with Gasteiger partial charge in [-0.25, -0.2) is 0 Å². The minimum atomic E-state index is -1.18. The van der Waals surface area contributed by atoms with Gasteiger partial charge in [0.2, 0.25) is 5.91 Å². The number of unbranched alkanes of at least 4 members (excludes halogenated alkanes) is 11. The molecule has 0 aromatic rings. The van der Waals surface area contributed by atoms with Gasteiger partial charge in [-0.3, -0.25) is 4.79 Å². The summed E-state index contributed by atoms with van der Waals surface area (Å²) in [4.78, 5) is 12.0. The number of nitrogens with one attached hydrogen (secondary N) is 1. The minimum Gasteiger partial charge on any atom is -0.509 e. The van der Waals surface area contributed by atoms with E-state index in [0.717, 1.165) is 18.4 Å². The first kappa shape index (κ1) is 27.5. The zero-order valence-electron chi connectivity index (χ0n) is 20.1. The van der Waals surface area contributed by atoms with Gasteiger partial charge in [-0.05, 0) is 51.5 Å². The van der Waals surface area contributed by atoms with E-state index in [1.165, 1.54) is 70.6 Å². The van der Waals surface area contributed by atoms with Gasteiger partial charge in [-0.1, -0.05) is 82.1 Å². The fraction of sp³-hybridized carbons (Fsp3) is 0.741. The summed E-state index contributed by atoms with van der Waals surface area (Å²) in [5.41, 5.74) is -0.137. The lowest BCUT2D eigenvalue weighted by Gasteiger charge is -2.27. The zero-order chi connectivity index (χ0) is 22.8. The number of allylic oxidation sites excluding steroid dienone is 4. The Hall–Kier alpha value is -1.55. The van der Waals surface area contributed by atoms with Crippen LogP contribution in [0, 0.1) is 0 Å². The molecule has 0 fully saturated rings. The zero-order valence-corrected chi connectivity index (χ0v) is 20.1. The Kier molecular flexibility index (Phi) is 15.1. The highest BCUT2D eigenvalue weighted by molar-refractivity contribution is 5.75. The van der Waals surface area contributed by atoms with Gasteiger partial charge in [0.05, 0.1) is 0 Å². The van der Waals surface area contributed by atoms with Crippen molar-refractivity contribution >= 4 is 5.91 Å². The highest BCUT2D eigenvalue weighted by Gasteiger charge is 2.29. The van der Waals surface area contributed by atoms with E-state index in [9.17, 15) is 15.0 Å². The second-order valence-electron chi connectivity index (χ2n) is 9.26. The number of aliphatic hydroxyl groups excluding tert-OH is 1. The number of hydrogen-bond donors (Lipinski definition) is 3. The van der Waals surface area contributed by atoms with Crippen LogP contribution in [0.15, 0.2) is 35.6 Å². The molecule has 0 aromatic heterocycles. The van der Waals surface area contributed by atoms with Crippen LogP contribution in [-0.2, 0) is 4.79 Å². The molecule has 1 rings (SSSR count). The Morgan fingerprint density at radius 3 is 2.16 bits per heavy atom. The molecule has 0 radical (unpaired) electrons. The average molecular weight is 434 g/mol. The Morgan fingerprint density at radius 1 is 0.968 bits per heavy atom. The molecule has 1 amide bonds. The van der Waals surface area contributed by atoms with Gasteiger partial charge < -0.3 is 15.5 Å². The van der Waals surface area contributed by atoms with Crippen molar-refractivity contribution in [2.24, 2.45) is 0 Å². The Balaban J connectivity index is 1.89. The molecule has 4 heteroatoms. The van der Waals surface area contributed by atoms with E-state index in [1.54, 1.807) is 13.0 Å². The first-order valence-electron chi connectivity index (χ1n) is 12.7. The molecule has 1 atom stereocenters. The molecule has 0 aromatic carbocycles. The molecule has 0 saturated heterocycles. The van der Waals surface area contributed by atoms with Crippen LogP contribution < -0.4 is 5.32 Å². The lowest BCUT2D eigenvalue weighted by atomic mass is 9.88. The fourth-order valence-corrected chi connectivity index (χ4v) is 3.95. The molecule has 3 N–H and O–H groups in total. The van der Waals surface area contributed by atoms with Crippen molar-refractivity contribution in [1.82, 2.24) is 5.32 Å². The maximum Gasteiger partial charge on any atom is 0.220 e. The highest BCUT2D eigenvalue weighted by atomic mass is 16.3. The van der Waals surface area contributed by atoms with E-state index in [-0.39, 0.29) is 11.7 Å². The molecule has 0 aliphatic heterocycles. The lowest BCUT2D eigenvalue weighted by molar-refractivity contribution is -0.121. The van der Waals surface area contributed by atoms with Crippen LogP contribution in [0.2, 0.25) is 0 Å². The first-order valence-corrected chi connectivity index (χ1v) is 12.7. The monoisotopic (exact) mass is 433 g/mol. The van der Waals surface area contributed by atoms with Crippen LogP contribution in [0.25, 0.3) is 0 Å². The van der Waals surface area contributed by atoms with Crippen molar-refractivity contribution in [3.8, 4) is 0 Å². The van der Waals surface area contributed by atoms with Crippen molar-refractivity contribution in [3.63, 3.8) is 0 Å². The SMILES string of the molecule is CCCCCCCCC=CCCCCCCCC(=O)NCCC1=CC=C(O)C(C)(O)C1. The molecular weight excluding hydrogens is 386 g/mol. The minimum absolute atomic E-state index is 0.00414. The van der Waals surface area contributed by atoms with Crippen molar-refractivity contribution in [3.05, 3.63) is 35.6 Å². The summed E-state index contributed by atoms with van der Waals surface area (Å²) in [5, 5.41) is 22.7. The maximum atomic E-state index is 12.0. The summed E-state index contributed by atoms with van der Waals surface area (Å²) in [6.45, 7) is 4.45. The fourth-order valence-electron chi connectivity index (χ4n) is 3.95. The van der Waals surface area contributed by atoms with Crippen molar-refractivity contribution in [2.75, 3.05) is 6.54 Å². The molecular formula is C27H47NO3. The average Bonchev–Trinajstić information content (AvgIpc) is 2.73. The lowest BCUT2D eigenvalue weighted by Crippen LogP contribution is -2.30. The number of carbonyl (C=O) groups excluding carboxylic acids is 1. The normalized spacial score (nSPS) is 18.8. The number of rotatable bonds is 18. The quantitative estimate of drug-likeness (QED) is 0.160. The molecule has 0 saturated carbocycles. The summed E-state index contributed by atoms with van der Waals surface area (Å²) in [6.07, 6.45) is 26.2. The van der Waals surface area contributed by atoms with Crippen LogP contribution in [0.3, 0.4) is 0 Å². The van der Waals surface area contributed by atoms with Crippen molar-refractivity contribution in [1.29, 1.82) is 0 Å². The van der Waals surface area contributed by atoms with Gasteiger partial charge >= 0.3 is 0 Å². The van der Waals surface area contributed by atoms with Gasteiger partial charge in [-0.15, -0.1) is 0 Å². The summed E-state index contributed by atoms with van der Waals surface area (Å²) >= 11 is 0. The van der Waals surface area contributed by atoms with E-state index < -0.39 is 5.60 Å². The standard InChI is InChI=1S/C27H47NO3/c1-3-4-5-6-7-8-9-10-11-12-13-14-15-16-17-18-26(30)28-22-21-24-19-20-25(29)27(2,31)23-24/h10-11,19-20,29,31H,3-9,12-18,21-23H2,1-2H3,(H,28,30). The second kappa shape index (κ2) is 17.1. The van der Waals surface area contributed by atoms with E-state index >= 15 is 0 Å². The van der Waals surface area contributed by atoms with Gasteiger partial charge in [0.1, 0.15) is 11.4 Å².